The van der Waals surface area contributed by atoms with E-state index in [0.717, 1.165) is 12.0 Å². The van der Waals surface area contributed by atoms with Gasteiger partial charge in [-0.15, -0.1) is 0 Å². The van der Waals surface area contributed by atoms with Crippen LogP contribution in [0.15, 0.2) is 18.2 Å². The Morgan fingerprint density at radius 1 is 1.38 bits per heavy atom. The third kappa shape index (κ3) is 2.89. The van der Waals surface area contributed by atoms with E-state index in [1.807, 2.05) is 25.1 Å². The van der Waals surface area contributed by atoms with Crippen LogP contribution in [-0.2, 0) is 16.1 Å². The Balaban J connectivity index is 1.94. The van der Waals surface area contributed by atoms with Crippen molar-refractivity contribution in [3.8, 4) is 0 Å². The molecule has 0 aliphatic carbocycles. The van der Waals surface area contributed by atoms with Crippen LogP contribution in [0.3, 0.4) is 0 Å². The standard InChI is InChI=1S/C12H14Cl2O2/c1-8-5-9(6-15-8)16-7-10-11(13)3-2-4-12(10)14/h2-4,8-9H,5-7H2,1H3. The van der Waals surface area contributed by atoms with Gasteiger partial charge in [0.05, 0.1) is 25.4 Å². The van der Waals surface area contributed by atoms with E-state index in [1.54, 1.807) is 0 Å². The van der Waals surface area contributed by atoms with Gasteiger partial charge >= 0.3 is 0 Å². The maximum Gasteiger partial charge on any atom is 0.0837 e. The predicted molar refractivity (Wildman–Crippen MR) is 65.1 cm³/mol. The zero-order chi connectivity index (χ0) is 11.5. The van der Waals surface area contributed by atoms with Crippen LogP contribution in [0.25, 0.3) is 0 Å². The molecule has 0 spiro atoms. The van der Waals surface area contributed by atoms with E-state index in [-0.39, 0.29) is 12.2 Å². The van der Waals surface area contributed by atoms with Gasteiger partial charge in [0.2, 0.25) is 0 Å². The van der Waals surface area contributed by atoms with Crippen molar-refractivity contribution >= 4 is 23.2 Å². The topological polar surface area (TPSA) is 18.5 Å². The number of rotatable bonds is 3. The molecule has 88 valence electrons. The minimum atomic E-state index is 0.155. The van der Waals surface area contributed by atoms with Gasteiger partial charge in [-0.1, -0.05) is 29.3 Å². The van der Waals surface area contributed by atoms with Crippen molar-refractivity contribution in [2.75, 3.05) is 6.61 Å². The molecule has 0 saturated carbocycles. The Labute approximate surface area is 105 Å². The summed E-state index contributed by atoms with van der Waals surface area (Å²) in [6, 6.07) is 5.47. The average molecular weight is 261 g/mol. The molecule has 0 N–H and O–H groups in total. The van der Waals surface area contributed by atoms with Crippen LogP contribution in [0.4, 0.5) is 0 Å². The highest BCUT2D eigenvalue weighted by molar-refractivity contribution is 6.35. The van der Waals surface area contributed by atoms with Crippen molar-refractivity contribution in [2.24, 2.45) is 0 Å². The van der Waals surface area contributed by atoms with Crippen LogP contribution in [0.1, 0.15) is 18.9 Å². The highest BCUT2D eigenvalue weighted by atomic mass is 35.5. The Bertz CT molecular complexity index is 348. The Hall–Kier alpha value is -0.280. The molecule has 1 aliphatic rings. The molecule has 2 unspecified atom stereocenters. The molecule has 2 rings (SSSR count). The van der Waals surface area contributed by atoms with E-state index in [2.05, 4.69) is 0 Å². The van der Waals surface area contributed by atoms with Crippen molar-refractivity contribution in [3.05, 3.63) is 33.8 Å². The number of halogens is 2. The number of benzene rings is 1. The molecule has 0 bridgehead atoms. The van der Waals surface area contributed by atoms with Crippen LogP contribution in [0, 0.1) is 0 Å². The lowest BCUT2D eigenvalue weighted by molar-refractivity contribution is 0.0287. The third-order valence-electron chi connectivity index (χ3n) is 2.69. The highest BCUT2D eigenvalue weighted by Crippen LogP contribution is 2.26. The highest BCUT2D eigenvalue weighted by Gasteiger charge is 2.22. The molecular weight excluding hydrogens is 247 g/mol. The second kappa shape index (κ2) is 5.37. The molecule has 1 saturated heterocycles. The molecule has 1 aromatic carbocycles. The fraction of sp³-hybridized carbons (Fsp3) is 0.500. The van der Waals surface area contributed by atoms with E-state index >= 15 is 0 Å². The van der Waals surface area contributed by atoms with Crippen LogP contribution >= 0.6 is 23.2 Å². The van der Waals surface area contributed by atoms with Crippen LogP contribution in [-0.4, -0.2) is 18.8 Å². The quantitative estimate of drug-likeness (QED) is 0.826. The minimum absolute atomic E-state index is 0.155. The molecule has 0 radical (unpaired) electrons. The molecule has 4 heteroatoms. The van der Waals surface area contributed by atoms with Gasteiger partial charge < -0.3 is 9.47 Å². The first-order chi connectivity index (χ1) is 7.66. The molecule has 16 heavy (non-hydrogen) atoms. The fourth-order valence-electron chi connectivity index (χ4n) is 1.77. The second-order valence-electron chi connectivity index (χ2n) is 4.01. The number of ether oxygens (including phenoxy) is 2. The van der Waals surface area contributed by atoms with E-state index in [1.165, 1.54) is 0 Å². The SMILES string of the molecule is CC1CC(OCc2c(Cl)cccc2Cl)CO1. The lowest BCUT2D eigenvalue weighted by atomic mass is 10.2. The predicted octanol–water partition coefficient (Wildman–Crippen LogP) is 3.69. The van der Waals surface area contributed by atoms with Gasteiger partial charge in [0.25, 0.3) is 0 Å². The lowest BCUT2D eigenvalue weighted by Crippen LogP contribution is -2.12. The van der Waals surface area contributed by atoms with Crippen molar-refractivity contribution in [3.63, 3.8) is 0 Å². The Morgan fingerprint density at radius 2 is 2.06 bits per heavy atom. The van der Waals surface area contributed by atoms with Gasteiger partial charge in [0.15, 0.2) is 0 Å². The summed E-state index contributed by atoms with van der Waals surface area (Å²) >= 11 is 12.1. The average Bonchev–Trinajstić information content (AvgIpc) is 2.63. The maximum absolute atomic E-state index is 6.05. The second-order valence-corrected chi connectivity index (χ2v) is 4.83. The summed E-state index contributed by atoms with van der Waals surface area (Å²) < 4.78 is 11.2. The summed E-state index contributed by atoms with van der Waals surface area (Å²) in [7, 11) is 0. The van der Waals surface area contributed by atoms with Crippen LogP contribution in [0.2, 0.25) is 10.0 Å². The number of hydrogen-bond donors (Lipinski definition) is 0. The molecule has 1 aliphatic heterocycles. The van der Waals surface area contributed by atoms with Gasteiger partial charge in [0, 0.05) is 22.0 Å². The molecule has 1 heterocycles. The van der Waals surface area contributed by atoms with Crippen molar-refractivity contribution in [1.82, 2.24) is 0 Å². The van der Waals surface area contributed by atoms with E-state index in [0.29, 0.717) is 23.3 Å². The Kier molecular flexibility index (Phi) is 4.09. The smallest absolute Gasteiger partial charge is 0.0837 e. The first kappa shape index (κ1) is 12.2. The summed E-state index contributed by atoms with van der Waals surface area (Å²) in [4.78, 5) is 0. The summed E-state index contributed by atoms with van der Waals surface area (Å²) in [5, 5.41) is 1.30. The maximum atomic E-state index is 6.05. The van der Waals surface area contributed by atoms with E-state index < -0.39 is 0 Å². The minimum Gasteiger partial charge on any atom is -0.376 e. The van der Waals surface area contributed by atoms with Gasteiger partial charge in [-0.25, -0.2) is 0 Å². The molecule has 1 aromatic rings. The first-order valence-corrected chi connectivity index (χ1v) is 6.08. The molecular formula is C12H14Cl2O2. The fourth-order valence-corrected chi connectivity index (χ4v) is 2.27. The molecule has 1 fully saturated rings. The van der Waals surface area contributed by atoms with E-state index in [4.69, 9.17) is 32.7 Å². The number of hydrogen-bond acceptors (Lipinski definition) is 2. The summed E-state index contributed by atoms with van der Waals surface area (Å²) in [5.74, 6) is 0. The van der Waals surface area contributed by atoms with Crippen molar-refractivity contribution in [2.45, 2.75) is 32.2 Å². The van der Waals surface area contributed by atoms with E-state index in [9.17, 15) is 0 Å². The lowest BCUT2D eigenvalue weighted by Gasteiger charge is -2.12. The first-order valence-electron chi connectivity index (χ1n) is 5.33. The van der Waals surface area contributed by atoms with Gasteiger partial charge in [-0.3, -0.25) is 0 Å². The normalized spacial score (nSPS) is 24.9. The zero-order valence-corrected chi connectivity index (χ0v) is 10.6. The zero-order valence-electron chi connectivity index (χ0n) is 9.08. The van der Waals surface area contributed by atoms with Crippen molar-refractivity contribution < 1.29 is 9.47 Å². The van der Waals surface area contributed by atoms with Gasteiger partial charge in [0.1, 0.15) is 0 Å². The molecule has 0 aromatic heterocycles. The summed E-state index contributed by atoms with van der Waals surface area (Å²) in [6.07, 6.45) is 1.37. The van der Waals surface area contributed by atoms with Crippen LogP contribution in [0.5, 0.6) is 0 Å². The summed E-state index contributed by atoms with van der Waals surface area (Å²) in [6.45, 7) is 3.15. The Morgan fingerprint density at radius 3 is 2.62 bits per heavy atom. The summed E-state index contributed by atoms with van der Waals surface area (Å²) in [5.41, 5.74) is 0.852. The molecule has 0 amide bonds. The molecule has 2 nitrogen and oxygen atoms in total. The molecule has 2 atom stereocenters. The third-order valence-corrected chi connectivity index (χ3v) is 3.39. The van der Waals surface area contributed by atoms with Crippen LogP contribution < -0.4 is 0 Å². The monoisotopic (exact) mass is 260 g/mol. The van der Waals surface area contributed by atoms with Gasteiger partial charge in [-0.2, -0.15) is 0 Å². The largest absolute Gasteiger partial charge is 0.376 e. The van der Waals surface area contributed by atoms with Gasteiger partial charge in [-0.05, 0) is 19.1 Å². The van der Waals surface area contributed by atoms with Crippen molar-refractivity contribution in [1.29, 1.82) is 0 Å².